The van der Waals surface area contributed by atoms with Crippen LogP contribution in [0.25, 0.3) is 0 Å². The Labute approximate surface area is 170 Å². The van der Waals surface area contributed by atoms with Crippen LogP contribution in [0.15, 0.2) is 36.4 Å². The number of carbonyl (C=O) groups is 1. The van der Waals surface area contributed by atoms with Crippen LogP contribution in [0, 0.1) is 6.92 Å². The van der Waals surface area contributed by atoms with Gasteiger partial charge in [0.1, 0.15) is 12.4 Å². The summed E-state index contributed by atoms with van der Waals surface area (Å²) in [5.74, 6) is 0.567. The summed E-state index contributed by atoms with van der Waals surface area (Å²) in [4.78, 5) is 15.0. The predicted molar refractivity (Wildman–Crippen MR) is 110 cm³/mol. The van der Waals surface area contributed by atoms with Gasteiger partial charge in [0.15, 0.2) is 0 Å². The van der Waals surface area contributed by atoms with Crippen LogP contribution in [0.4, 0.5) is 0 Å². The maximum Gasteiger partial charge on any atom is 0.252 e. The lowest BCUT2D eigenvalue weighted by Crippen LogP contribution is -2.35. The number of halogens is 2. The van der Waals surface area contributed by atoms with Gasteiger partial charge in [-0.25, -0.2) is 0 Å². The Balaban J connectivity index is 1.77. The minimum absolute atomic E-state index is 0.126. The Morgan fingerprint density at radius 3 is 2.63 bits per heavy atom. The molecule has 3 rings (SSSR count). The third kappa shape index (κ3) is 4.57. The number of nitrogens with one attached hydrogen (secondary N) is 1. The van der Waals surface area contributed by atoms with Crippen LogP contribution >= 0.6 is 23.2 Å². The third-order valence-electron chi connectivity index (χ3n) is 4.83. The minimum Gasteiger partial charge on any atom is -0.492 e. The van der Waals surface area contributed by atoms with Gasteiger partial charge in [0, 0.05) is 12.1 Å². The van der Waals surface area contributed by atoms with Crippen molar-refractivity contribution in [3.63, 3.8) is 0 Å². The van der Waals surface area contributed by atoms with Gasteiger partial charge in [0.2, 0.25) is 0 Å². The predicted octanol–water partition coefficient (Wildman–Crippen LogP) is 4.66. The molecule has 1 amide bonds. The third-order valence-corrected chi connectivity index (χ3v) is 5.65. The number of benzene rings is 2. The van der Waals surface area contributed by atoms with E-state index in [1.165, 1.54) is 0 Å². The minimum atomic E-state index is -0.437. The van der Waals surface area contributed by atoms with Crippen molar-refractivity contribution in [2.75, 3.05) is 27.2 Å². The molecule has 0 radical (unpaired) electrons. The van der Waals surface area contributed by atoms with Crippen LogP contribution in [-0.4, -0.2) is 38.1 Å². The van der Waals surface area contributed by atoms with Crippen LogP contribution < -0.4 is 10.1 Å². The van der Waals surface area contributed by atoms with Gasteiger partial charge in [-0.2, -0.15) is 0 Å². The van der Waals surface area contributed by atoms with Gasteiger partial charge in [-0.3, -0.25) is 4.79 Å². The molecule has 1 N–H and O–H groups in total. The second-order valence-corrected chi connectivity index (χ2v) is 8.05. The second kappa shape index (κ2) is 8.09. The highest BCUT2D eigenvalue weighted by Gasteiger charge is 2.47. The Kier molecular flexibility index (Phi) is 5.99. The molecule has 0 saturated heterocycles. The van der Waals surface area contributed by atoms with E-state index in [4.69, 9.17) is 27.9 Å². The number of aryl methyl sites for hydroxylation is 1. The molecule has 1 aliphatic carbocycles. The summed E-state index contributed by atoms with van der Waals surface area (Å²) in [6.45, 7) is 3.30. The molecule has 0 aromatic heterocycles. The molecule has 144 valence electrons. The number of nitrogens with zero attached hydrogens (tertiary/aromatic N) is 1. The smallest absolute Gasteiger partial charge is 0.252 e. The molecule has 1 saturated carbocycles. The number of likely N-dealkylation sites (N-methyl/N-ethyl adjacent to an activating group) is 1. The lowest BCUT2D eigenvalue weighted by atomic mass is 10.0. The fraction of sp³-hybridized carbons (Fsp3) is 0.381. The van der Waals surface area contributed by atoms with Crippen molar-refractivity contribution in [3.05, 3.63) is 63.1 Å². The van der Waals surface area contributed by atoms with Crippen molar-refractivity contribution < 1.29 is 9.53 Å². The summed E-state index contributed by atoms with van der Waals surface area (Å²) in [6, 6.07) is 11.1. The largest absolute Gasteiger partial charge is 0.492 e. The van der Waals surface area contributed by atoms with Crippen LogP contribution in [0.2, 0.25) is 10.0 Å². The monoisotopic (exact) mass is 406 g/mol. The number of hydrogen-bond donors (Lipinski definition) is 1. The van der Waals surface area contributed by atoms with Crippen molar-refractivity contribution in [2.24, 2.45) is 0 Å². The summed E-state index contributed by atoms with van der Waals surface area (Å²) in [5.41, 5.74) is 1.95. The standard InChI is InChI=1S/C21H24Cl2N2O2/c1-14-7-8-15(27-12-11-25(2)3)13-16(14)20(26)24-21(9-10-21)17-5-4-6-18(22)19(17)23/h4-8,13H,9-12H2,1-3H3,(H,24,26). The maximum absolute atomic E-state index is 13.0. The molecule has 0 atom stereocenters. The fourth-order valence-electron chi connectivity index (χ4n) is 3.03. The Hall–Kier alpha value is -1.75. The van der Waals surface area contributed by atoms with Crippen molar-refractivity contribution in [1.82, 2.24) is 10.2 Å². The molecule has 0 unspecified atom stereocenters. The summed E-state index contributed by atoms with van der Waals surface area (Å²) in [6.07, 6.45) is 1.69. The quantitative estimate of drug-likeness (QED) is 0.726. The molecule has 1 aliphatic rings. The van der Waals surface area contributed by atoms with E-state index in [0.29, 0.717) is 28.0 Å². The van der Waals surface area contributed by atoms with E-state index < -0.39 is 5.54 Å². The van der Waals surface area contributed by atoms with Crippen LogP contribution in [0.3, 0.4) is 0 Å². The molecule has 6 heteroatoms. The molecule has 27 heavy (non-hydrogen) atoms. The first-order chi connectivity index (χ1) is 12.8. The van der Waals surface area contributed by atoms with E-state index in [2.05, 4.69) is 5.32 Å². The lowest BCUT2D eigenvalue weighted by Gasteiger charge is -2.21. The normalized spacial score (nSPS) is 14.9. The van der Waals surface area contributed by atoms with Gasteiger partial charge in [-0.15, -0.1) is 0 Å². The van der Waals surface area contributed by atoms with E-state index in [9.17, 15) is 4.79 Å². The number of ether oxygens (including phenoxy) is 1. The number of carbonyl (C=O) groups excluding carboxylic acids is 1. The van der Waals surface area contributed by atoms with Gasteiger partial charge < -0.3 is 15.0 Å². The summed E-state index contributed by atoms with van der Waals surface area (Å²) in [5, 5.41) is 4.18. The maximum atomic E-state index is 13.0. The molecule has 0 aliphatic heterocycles. The average molecular weight is 407 g/mol. The SMILES string of the molecule is Cc1ccc(OCCN(C)C)cc1C(=O)NC1(c2cccc(Cl)c2Cl)CC1. The zero-order valence-corrected chi connectivity index (χ0v) is 17.3. The Bertz CT molecular complexity index is 848. The number of hydrogen-bond acceptors (Lipinski definition) is 3. The number of rotatable bonds is 7. The Morgan fingerprint density at radius 1 is 1.22 bits per heavy atom. The topological polar surface area (TPSA) is 41.6 Å². The van der Waals surface area contributed by atoms with Crippen molar-refractivity contribution in [3.8, 4) is 5.75 Å². The summed E-state index contributed by atoms with van der Waals surface area (Å²) < 4.78 is 5.77. The van der Waals surface area contributed by atoms with Crippen molar-refractivity contribution in [1.29, 1.82) is 0 Å². The number of amides is 1. The zero-order chi connectivity index (χ0) is 19.6. The lowest BCUT2D eigenvalue weighted by molar-refractivity contribution is 0.0929. The summed E-state index contributed by atoms with van der Waals surface area (Å²) in [7, 11) is 3.99. The first-order valence-electron chi connectivity index (χ1n) is 8.97. The molecule has 0 heterocycles. The van der Waals surface area contributed by atoms with E-state index in [1.54, 1.807) is 12.1 Å². The van der Waals surface area contributed by atoms with E-state index >= 15 is 0 Å². The molecule has 0 spiro atoms. The average Bonchev–Trinajstić information content (AvgIpc) is 3.38. The zero-order valence-electron chi connectivity index (χ0n) is 15.8. The molecule has 2 aromatic rings. The fourth-order valence-corrected chi connectivity index (χ4v) is 3.51. The molecular weight excluding hydrogens is 383 g/mol. The molecule has 2 aromatic carbocycles. The van der Waals surface area contributed by atoms with E-state index in [0.717, 1.165) is 30.5 Å². The molecule has 0 bridgehead atoms. The van der Waals surface area contributed by atoms with Gasteiger partial charge in [-0.05, 0) is 63.2 Å². The van der Waals surface area contributed by atoms with Gasteiger partial charge in [0.05, 0.1) is 15.6 Å². The van der Waals surface area contributed by atoms with Crippen molar-refractivity contribution in [2.45, 2.75) is 25.3 Å². The summed E-state index contributed by atoms with van der Waals surface area (Å²) >= 11 is 12.5. The Morgan fingerprint density at radius 2 is 1.96 bits per heavy atom. The first kappa shape index (κ1) is 20.0. The first-order valence-corrected chi connectivity index (χ1v) is 9.73. The second-order valence-electron chi connectivity index (χ2n) is 7.27. The molecular formula is C21H24Cl2N2O2. The van der Waals surface area contributed by atoms with Crippen LogP contribution in [-0.2, 0) is 5.54 Å². The highest BCUT2D eigenvalue weighted by molar-refractivity contribution is 6.42. The molecule has 4 nitrogen and oxygen atoms in total. The van der Waals surface area contributed by atoms with Gasteiger partial charge >= 0.3 is 0 Å². The highest BCUT2D eigenvalue weighted by Crippen LogP contribution is 2.49. The highest BCUT2D eigenvalue weighted by atomic mass is 35.5. The van der Waals surface area contributed by atoms with Crippen molar-refractivity contribution >= 4 is 29.1 Å². The van der Waals surface area contributed by atoms with E-state index in [-0.39, 0.29) is 5.91 Å². The van der Waals surface area contributed by atoms with Crippen LogP contribution in [0.5, 0.6) is 5.75 Å². The van der Waals surface area contributed by atoms with Gasteiger partial charge in [0.25, 0.3) is 5.91 Å². The van der Waals surface area contributed by atoms with Gasteiger partial charge in [-0.1, -0.05) is 41.4 Å². The van der Waals surface area contributed by atoms with E-state index in [1.807, 2.05) is 50.2 Å². The molecule has 1 fully saturated rings. The van der Waals surface area contributed by atoms with Crippen LogP contribution in [0.1, 0.15) is 34.3 Å².